The molecule has 2 fully saturated rings. The quantitative estimate of drug-likeness (QED) is 0.839. The molecule has 128 valence electrons. The van der Waals surface area contributed by atoms with E-state index in [1.54, 1.807) is 7.11 Å². The molecule has 1 amide bonds. The van der Waals surface area contributed by atoms with Gasteiger partial charge in [0.05, 0.1) is 19.1 Å². The van der Waals surface area contributed by atoms with Crippen molar-refractivity contribution < 1.29 is 9.53 Å². The van der Waals surface area contributed by atoms with E-state index in [4.69, 9.17) is 4.74 Å². The maximum absolute atomic E-state index is 12.9. The highest BCUT2D eigenvalue weighted by molar-refractivity contribution is 9.10. The van der Waals surface area contributed by atoms with Crippen LogP contribution in [0.4, 0.5) is 0 Å². The molecule has 6 heteroatoms. The van der Waals surface area contributed by atoms with E-state index in [0.29, 0.717) is 5.91 Å². The number of carbonyl (C=O) groups excluding carboxylic acids is 1. The van der Waals surface area contributed by atoms with Crippen molar-refractivity contribution >= 4 is 34.2 Å². The number of carbonyl (C=O) groups is 1. The minimum atomic E-state index is 0. The SMILES string of the molecule is COc1ccc(Br)cc1C1CCCN1C(=O)C1CCCNC1.Cl. The Hall–Kier alpha value is -0.780. The first kappa shape index (κ1) is 18.6. The predicted molar refractivity (Wildman–Crippen MR) is 97.2 cm³/mol. The van der Waals surface area contributed by atoms with Crippen molar-refractivity contribution in [3.63, 3.8) is 0 Å². The summed E-state index contributed by atoms with van der Waals surface area (Å²) in [5.74, 6) is 1.30. The van der Waals surface area contributed by atoms with Gasteiger partial charge in [-0.2, -0.15) is 0 Å². The number of hydrogen-bond acceptors (Lipinski definition) is 3. The third-order valence-electron chi connectivity index (χ3n) is 4.73. The average Bonchev–Trinajstić information content (AvgIpc) is 3.04. The van der Waals surface area contributed by atoms with Crippen LogP contribution >= 0.6 is 28.3 Å². The van der Waals surface area contributed by atoms with Crippen LogP contribution in [0.15, 0.2) is 22.7 Å². The van der Waals surface area contributed by atoms with E-state index < -0.39 is 0 Å². The normalized spacial score (nSPS) is 24.2. The molecule has 1 aromatic carbocycles. The second-order valence-electron chi connectivity index (χ2n) is 6.12. The Morgan fingerprint density at radius 1 is 1.35 bits per heavy atom. The molecule has 0 spiro atoms. The molecule has 2 saturated heterocycles. The van der Waals surface area contributed by atoms with Crippen LogP contribution in [0.1, 0.15) is 37.3 Å². The standard InChI is InChI=1S/C17H23BrN2O2.ClH/c1-22-16-7-6-13(18)10-14(16)15-5-3-9-20(15)17(21)12-4-2-8-19-11-12;/h6-7,10,12,15,19H,2-5,8-9,11H2,1H3;1H. The van der Waals surface area contributed by atoms with E-state index in [2.05, 4.69) is 32.2 Å². The average molecular weight is 404 g/mol. The zero-order valence-corrected chi connectivity index (χ0v) is 15.8. The Balaban J connectivity index is 0.00000192. The molecule has 0 saturated carbocycles. The van der Waals surface area contributed by atoms with Crippen molar-refractivity contribution in [2.45, 2.75) is 31.7 Å². The second kappa shape index (κ2) is 8.36. The van der Waals surface area contributed by atoms with Gasteiger partial charge in [0.1, 0.15) is 5.75 Å². The molecule has 2 heterocycles. The molecule has 23 heavy (non-hydrogen) atoms. The largest absolute Gasteiger partial charge is 0.496 e. The maximum Gasteiger partial charge on any atom is 0.227 e. The summed E-state index contributed by atoms with van der Waals surface area (Å²) >= 11 is 3.54. The molecular formula is C17H24BrClN2O2. The lowest BCUT2D eigenvalue weighted by Crippen LogP contribution is -2.42. The van der Waals surface area contributed by atoms with E-state index in [1.165, 1.54) is 0 Å². The molecule has 1 N–H and O–H groups in total. The Kier molecular flexibility index (Phi) is 6.74. The fourth-order valence-electron chi connectivity index (χ4n) is 3.62. The lowest BCUT2D eigenvalue weighted by molar-refractivity contribution is -0.137. The van der Waals surface area contributed by atoms with Crippen molar-refractivity contribution in [3.8, 4) is 5.75 Å². The maximum atomic E-state index is 12.9. The number of likely N-dealkylation sites (tertiary alicyclic amines) is 1. The molecule has 2 aliphatic rings. The van der Waals surface area contributed by atoms with Crippen molar-refractivity contribution in [2.75, 3.05) is 26.7 Å². The Morgan fingerprint density at radius 2 is 2.17 bits per heavy atom. The fraction of sp³-hybridized carbons (Fsp3) is 0.588. The molecule has 0 radical (unpaired) electrons. The molecule has 4 nitrogen and oxygen atoms in total. The van der Waals surface area contributed by atoms with Gasteiger partial charge in [-0.25, -0.2) is 0 Å². The molecule has 3 rings (SSSR count). The molecule has 0 aromatic heterocycles. The molecule has 2 unspecified atom stereocenters. The van der Waals surface area contributed by atoms with Crippen LogP contribution < -0.4 is 10.1 Å². The predicted octanol–water partition coefficient (Wildman–Crippen LogP) is 3.54. The number of halogens is 2. The van der Waals surface area contributed by atoms with Gasteiger partial charge in [0.15, 0.2) is 0 Å². The highest BCUT2D eigenvalue weighted by Gasteiger charge is 2.35. The Morgan fingerprint density at radius 3 is 2.87 bits per heavy atom. The Bertz CT molecular complexity index is 549. The van der Waals surface area contributed by atoms with Gasteiger partial charge in [0.25, 0.3) is 0 Å². The topological polar surface area (TPSA) is 41.6 Å². The summed E-state index contributed by atoms with van der Waals surface area (Å²) in [5.41, 5.74) is 1.12. The van der Waals surface area contributed by atoms with Gasteiger partial charge in [-0.05, 0) is 50.4 Å². The van der Waals surface area contributed by atoms with Crippen molar-refractivity contribution in [1.82, 2.24) is 10.2 Å². The van der Waals surface area contributed by atoms with Crippen molar-refractivity contribution in [3.05, 3.63) is 28.2 Å². The van der Waals surface area contributed by atoms with E-state index in [9.17, 15) is 4.79 Å². The summed E-state index contributed by atoms with van der Waals surface area (Å²) in [6.45, 7) is 2.71. The second-order valence-corrected chi connectivity index (χ2v) is 7.03. The number of methoxy groups -OCH3 is 1. The van der Waals surface area contributed by atoms with Gasteiger partial charge >= 0.3 is 0 Å². The molecular weight excluding hydrogens is 380 g/mol. The molecule has 1 aromatic rings. The summed E-state index contributed by atoms with van der Waals surface area (Å²) in [7, 11) is 1.69. The number of hydrogen-bond donors (Lipinski definition) is 1. The number of amides is 1. The summed E-state index contributed by atoms with van der Waals surface area (Å²) in [6, 6.07) is 6.19. The third-order valence-corrected chi connectivity index (χ3v) is 5.23. The van der Waals surface area contributed by atoms with E-state index >= 15 is 0 Å². The van der Waals surface area contributed by atoms with Crippen LogP contribution in [0.5, 0.6) is 5.75 Å². The van der Waals surface area contributed by atoms with Gasteiger partial charge in [-0.3, -0.25) is 4.79 Å². The van der Waals surface area contributed by atoms with Crippen LogP contribution in [-0.2, 0) is 4.79 Å². The minimum absolute atomic E-state index is 0. The van der Waals surface area contributed by atoms with Gasteiger partial charge < -0.3 is 15.0 Å². The highest BCUT2D eigenvalue weighted by atomic mass is 79.9. The number of benzene rings is 1. The van der Waals surface area contributed by atoms with Crippen molar-refractivity contribution in [1.29, 1.82) is 0 Å². The summed E-state index contributed by atoms with van der Waals surface area (Å²) in [6.07, 6.45) is 4.17. The van der Waals surface area contributed by atoms with Crippen molar-refractivity contribution in [2.24, 2.45) is 5.92 Å². The van der Waals surface area contributed by atoms with Crippen LogP contribution in [0.3, 0.4) is 0 Å². The van der Waals surface area contributed by atoms with Crippen LogP contribution in [0.25, 0.3) is 0 Å². The minimum Gasteiger partial charge on any atom is -0.496 e. The lowest BCUT2D eigenvalue weighted by Gasteiger charge is -2.31. The molecule has 2 atom stereocenters. The first-order chi connectivity index (χ1) is 10.7. The third kappa shape index (κ3) is 4.01. The summed E-state index contributed by atoms with van der Waals surface area (Å²) in [5, 5.41) is 3.35. The van der Waals surface area contributed by atoms with Gasteiger partial charge in [0, 0.05) is 23.1 Å². The van der Waals surface area contributed by atoms with Crippen LogP contribution in [0.2, 0.25) is 0 Å². The smallest absolute Gasteiger partial charge is 0.227 e. The lowest BCUT2D eigenvalue weighted by atomic mass is 9.96. The van der Waals surface area contributed by atoms with E-state index in [1.807, 2.05) is 12.1 Å². The van der Waals surface area contributed by atoms with E-state index in [0.717, 1.165) is 61.1 Å². The van der Waals surface area contributed by atoms with Crippen LogP contribution in [-0.4, -0.2) is 37.6 Å². The molecule has 0 aliphatic carbocycles. The zero-order chi connectivity index (χ0) is 15.5. The first-order valence-corrected chi connectivity index (χ1v) is 8.84. The number of nitrogens with zero attached hydrogens (tertiary/aromatic N) is 1. The monoisotopic (exact) mass is 402 g/mol. The molecule has 0 bridgehead atoms. The van der Waals surface area contributed by atoms with Gasteiger partial charge in [-0.1, -0.05) is 15.9 Å². The number of piperidine rings is 1. The Labute approximate surface area is 152 Å². The number of ether oxygens (including phenoxy) is 1. The summed E-state index contributed by atoms with van der Waals surface area (Å²) in [4.78, 5) is 15.0. The first-order valence-electron chi connectivity index (χ1n) is 8.05. The van der Waals surface area contributed by atoms with E-state index in [-0.39, 0.29) is 24.4 Å². The van der Waals surface area contributed by atoms with Crippen LogP contribution in [0, 0.1) is 5.92 Å². The number of rotatable bonds is 3. The number of nitrogens with one attached hydrogen (secondary N) is 1. The zero-order valence-electron chi connectivity index (χ0n) is 13.4. The molecule has 2 aliphatic heterocycles. The highest BCUT2D eigenvalue weighted by Crippen LogP contribution is 2.39. The van der Waals surface area contributed by atoms with Gasteiger partial charge in [-0.15, -0.1) is 12.4 Å². The van der Waals surface area contributed by atoms with Gasteiger partial charge in [0.2, 0.25) is 5.91 Å². The summed E-state index contributed by atoms with van der Waals surface area (Å²) < 4.78 is 6.54. The fourth-order valence-corrected chi connectivity index (χ4v) is 4.00.